The molecule has 0 unspecified atom stereocenters. The summed E-state index contributed by atoms with van der Waals surface area (Å²) in [4.78, 5) is 21.2. The van der Waals surface area contributed by atoms with Gasteiger partial charge < -0.3 is 11.1 Å². The summed E-state index contributed by atoms with van der Waals surface area (Å²) in [6.07, 6.45) is 0. The monoisotopic (exact) mass is 262 g/mol. The fraction of sp³-hybridized carbons (Fsp3) is 0.333. The molecule has 0 saturated heterocycles. The van der Waals surface area contributed by atoms with E-state index in [9.17, 15) is 14.9 Å². The van der Waals surface area contributed by atoms with Crippen molar-refractivity contribution < 1.29 is 9.72 Å². The van der Waals surface area contributed by atoms with E-state index in [0.717, 1.165) is 0 Å². The Kier molecular flexibility index (Phi) is 4.07. The minimum Gasteiger partial charge on any atom is -0.384 e. The summed E-state index contributed by atoms with van der Waals surface area (Å²) >= 11 is 0. The van der Waals surface area contributed by atoms with Crippen LogP contribution in [0.15, 0.2) is 18.2 Å². The van der Waals surface area contributed by atoms with Crippen molar-refractivity contribution in [2.75, 3.05) is 11.9 Å². The zero-order chi connectivity index (χ0) is 14.6. The van der Waals surface area contributed by atoms with Crippen LogP contribution in [0.2, 0.25) is 0 Å². The summed E-state index contributed by atoms with van der Waals surface area (Å²) in [7, 11) is 0. The molecule has 0 bridgehead atoms. The number of nitrogens with zero attached hydrogens (tertiary/aromatic N) is 2. The molecule has 100 valence electrons. The predicted octanol–water partition coefficient (Wildman–Crippen LogP) is 1.39. The lowest BCUT2D eigenvalue weighted by molar-refractivity contribution is -0.385. The number of carbonyl (C=O) groups excluding carboxylic acids is 1. The molecule has 0 spiro atoms. The minimum absolute atomic E-state index is 0.0353. The van der Waals surface area contributed by atoms with Gasteiger partial charge in [0.1, 0.15) is 11.6 Å². The zero-order valence-electron chi connectivity index (χ0n) is 10.6. The number of anilines is 1. The van der Waals surface area contributed by atoms with Gasteiger partial charge >= 0.3 is 0 Å². The Balaban J connectivity index is 2.91. The van der Waals surface area contributed by atoms with Gasteiger partial charge in [0.2, 0.25) is 5.91 Å². The molecule has 0 aliphatic carbocycles. The highest BCUT2D eigenvalue weighted by molar-refractivity contribution is 5.80. The van der Waals surface area contributed by atoms with Crippen molar-refractivity contribution in [3.8, 4) is 6.07 Å². The molecule has 3 N–H and O–H groups in total. The largest absolute Gasteiger partial charge is 0.384 e. The number of nitriles is 1. The lowest BCUT2D eigenvalue weighted by atomic mass is 9.92. The first-order valence-corrected chi connectivity index (χ1v) is 5.50. The van der Waals surface area contributed by atoms with E-state index in [1.165, 1.54) is 18.2 Å². The Bertz CT molecular complexity index is 561. The van der Waals surface area contributed by atoms with E-state index in [0.29, 0.717) is 5.69 Å². The van der Waals surface area contributed by atoms with Crippen molar-refractivity contribution in [2.24, 2.45) is 11.1 Å². The van der Waals surface area contributed by atoms with Crippen LogP contribution in [-0.2, 0) is 4.79 Å². The fourth-order valence-corrected chi connectivity index (χ4v) is 1.30. The Hall–Kier alpha value is -2.62. The standard InChI is InChI=1S/C12H14N4O3/c1-12(2,11(14)17)7-15-9-3-4-10(16(18)19)8(5-9)6-13/h3-5,15H,7H2,1-2H3,(H2,14,17). The van der Waals surface area contributed by atoms with Gasteiger partial charge in [-0.25, -0.2) is 0 Å². The van der Waals surface area contributed by atoms with Crippen LogP contribution in [0.1, 0.15) is 19.4 Å². The number of nitro benzene ring substituents is 1. The molecule has 7 heteroatoms. The molecule has 1 aromatic carbocycles. The Morgan fingerprint density at radius 2 is 2.21 bits per heavy atom. The number of carbonyl (C=O) groups is 1. The molecule has 1 amide bonds. The molecule has 0 saturated carbocycles. The first-order valence-electron chi connectivity index (χ1n) is 5.50. The van der Waals surface area contributed by atoms with Gasteiger partial charge in [-0.2, -0.15) is 5.26 Å². The average molecular weight is 262 g/mol. The normalized spacial score (nSPS) is 10.6. The van der Waals surface area contributed by atoms with E-state index in [2.05, 4.69) is 5.32 Å². The second-order valence-corrected chi connectivity index (χ2v) is 4.70. The van der Waals surface area contributed by atoms with E-state index >= 15 is 0 Å². The number of rotatable bonds is 5. The van der Waals surface area contributed by atoms with E-state index in [1.807, 2.05) is 0 Å². The third kappa shape index (κ3) is 3.42. The second-order valence-electron chi connectivity index (χ2n) is 4.70. The van der Waals surface area contributed by atoms with Gasteiger partial charge in [0, 0.05) is 18.3 Å². The maximum absolute atomic E-state index is 11.1. The quantitative estimate of drug-likeness (QED) is 0.613. The number of nitrogens with two attached hydrogens (primary N) is 1. The lowest BCUT2D eigenvalue weighted by Gasteiger charge is -2.21. The fourth-order valence-electron chi connectivity index (χ4n) is 1.30. The number of amides is 1. The molecule has 7 nitrogen and oxygen atoms in total. The maximum atomic E-state index is 11.1. The molecule has 0 atom stereocenters. The SMILES string of the molecule is CC(C)(CNc1ccc([N+](=O)[O-])c(C#N)c1)C(N)=O. The van der Waals surface area contributed by atoms with Crippen molar-refractivity contribution >= 4 is 17.3 Å². The van der Waals surface area contributed by atoms with Crippen molar-refractivity contribution in [2.45, 2.75) is 13.8 Å². The Morgan fingerprint density at radius 1 is 1.58 bits per heavy atom. The van der Waals surface area contributed by atoms with Crippen molar-refractivity contribution in [1.29, 1.82) is 5.26 Å². The predicted molar refractivity (Wildman–Crippen MR) is 69.3 cm³/mol. The van der Waals surface area contributed by atoms with Crippen molar-refractivity contribution in [3.63, 3.8) is 0 Å². The highest BCUT2D eigenvalue weighted by Gasteiger charge is 2.24. The Labute approximate surface area is 110 Å². The molecule has 1 aromatic rings. The van der Waals surface area contributed by atoms with E-state index < -0.39 is 16.2 Å². The average Bonchev–Trinajstić information content (AvgIpc) is 2.35. The van der Waals surface area contributed by atoms with Crippen LogP contribution in [0, 0.1) is 26.9 Å². The minimum atomic E-state index is -0.755. The lowest BCUT2D eigenvalue weighted by Crippen LogP contribution is -2.37. The molecular weight excluding hydrogens is 248 g/mol. The molecule has 0 aliphatic rings. The summed E-state index contributed by atoms with van der Waals surface area (Å²) in [6, 6.07) is 5.86. The van der Waals surface area contributed by atoms with Crippen LogP contribution in [0.5, 0.6) is 0 Å². The summed E-state index contributed by atoms with van der Waals surface area (Å²) in [5, 5.41) is 22.5. The number of primary amides is 1. The molecule has 19 heavy (non-hydrogen) atoms. The van der Waals surface area contributed by atoms with Crippen LogP contribution in [0.3, 0.4) is 0 Å². The van der Waals surface area contributed by atoms with Gasteiger partial charge in [-0.3, -0.25) is 14.9 Å². The summed E-state index contributed by atoms with van der Waals surface area (Å²) in [5.41, 5.74) is 4.72. The third-order valence-corrected chi connectivity index (χ3v) is 2.72. The number of benzene rings is 1. The third-order valence-electron chi connectivity index (χ3n) is 2.72. The van der Waals surface area contributed by atoms with Gasteiger partial charge in [0.25, 0.3) is 5.69 Å². The topological polar surface area (TPSA) is 122 Å². The molecule has 0 heterocycles. The zero-order valence-corrected chi connectivity index (χ0v) is 10.6. The van der Waals surface area contributed by atoms with E-state index in [-0.39, 0.29) is 17.8 Å². The number of hydrogen-bond donors (Lipinski definition) is 2. The van der Waals surface area contributed by atoms with Gasteiger partial charge in [0.05, 0.1) is 10.3 Å². The van der Waals surface area contributed by atoms with Crippen molar-refractivity contribution in [1.82, 2.24) is 0 Å². The van der Waals surface area contributed by atoms with Crippen LogP contribution in [0.25, 0.3) is 0 Å². The van der Waals surface area contributed by atoms with Crippen LogP contribution >= 0.6 is 0 Å². The summed E-state index contributed by atoms with van der Waals surface area (Å²) in [5.74, 6) is -0.456. The maximum Gasteiger partial charge on any atom is 0.287 e. The first-order chi connectivity index (χ1) is 8.77. The first kappa shape index (κ1) is 14.4. The van der Waals surface area contributed by atoms with Crippen molar-refractivity contribution in [3.05, 3.63) is 33.9 Å². The number of nitro groups is 1. The van der Waals surface area contributed by atoms with E-state index in [4.69, 9.17) is 11.0 Å². The smallest absolute Gasteiger partial charge is 0.287 e. The molecule has 0 aromatic heterocycles. The highest BCUT2D eigenvalue weighted by Crippen LogP contribution is 2.23. The summed E-state index contributed by atoms with van der Waals surface area (Å²) < 4.78 is 0. The molecular formula is C12H14N4O3. The number of nitrogens with one attached hydrogen (secondary N) is 1. The highest BCUT2D eigenvalue weighted by atomic mass is 16.6. The van der Waals surface area contributed by atoms with Gasteiger partial charge in [0.15, 0.2) is 0 Å². The number of hydrogen-bond acceptors (Lipinski definition) is 5. The van der Waals surface area contributed by atoms with E-state index in [1.54, 1.807) is 19.9 Å². The molecule has 1 rings (SSSR count). The van der Waals surface area contributed by atoms with Crippen LogP contribution in [0.4, 0.5) is 11.4 Å². The molecule has 0 aliphatic heterocycles. The molecule has 0 fully saturated rings. The van der Waals surface area contributed by atoms with Crippen LogP contribution in [-0.4, -0.2) is 17.4 Å². The molecule has 0 radical (unpaired) electrons. The summed E-state index contributed by atoms with van der Waals surface area (Å²) in [6.45, 7) is 3.63. The van der Waals surface area contributed by atoms with Gasteiger partial charge in [-0.05, 0) is 26.0 Å². The second kappa shape index (κ2) is 5.35. The van der Waals surface area contributed by atoms with Crippen LogP contribution < -0.4 is 11.1 Å². The van der Waals surface area contributed by atoms with Gasteiger partial charge in [-0.1, -0.05) is 0 Å². The van der Waals surface area contributed by atoms with Gasteiger partial charge in [-0.15, -0.1) is 0 Å². The Morgan fingerprint density at radius 3 is 2.68 bits per heavy atom.